The monoisotopic (exact) mass is 414 g/mol. The number of phenols is 1. The first-order valence-corrected chi connectivity index (χ1v) is 9.29. The molecule has 3 aromatic rings. The zero-order valence-corrected chi connectivity index (χ0v) is 15.7. The summed E-state index contributed by atoms with van der Waals surface area (Å²) in [6.07, 6.45) is -3.85. The molecule has 0 atom stereocenters. The van der Waals surface area contributed by atoms with Crippen LogP contribution in [0.1, 0.15) is 28.8 Å². The molecule has 1 fully saturated rings. The first kappa shape index (κ1) is 19.8. The molecule has 8 heteroatoms. The van der Waals surface area contributed by atoms with Crippen LogP contribution in [-0.4, -0.2) is 23.5 Å². The average molecular weight is 414 g/mol. The summed E-state index contributed by atoms with van der Waals surface area (Å²) in [4.78, 5) is 26.1. The van der Waals surface area contributed by atoms with Gasteiger partial charge in [-0.05, 0) is 36.8 Å². The molecule has 0 radical (unpaired) electrons. The number of carbonyl (C=O) groups excluding carboxylic acids is 2. The van der Waals surface area contributed by atoms with E-state index in [1.165, 1.54) is 23.1 Å². The molecule has 1 saturated heterocycles. The third-order valence-corrected chi connectivity index (χ3v) is 5.04. The van der Waals surface area contributed by atoms with Crippen molar-refractivity contribution in [3.8, 4) is 5.75 Å². The SMILES string of the molecule is O=C(Nc1ccc(O)c2ccccc12)c1cc(N2CCCC2=O)cc(C(F)(F)F)c1. The predicted octanol–water partition coefficient (Wildman–Crippen LogP) is 4.94. The van der Waals surface area contributed by atoms with Crippen LogP contribution in [0.4, 0.5) is 24.5 Å². The highest BCUT2D eigenvalue weighted by molar-refractivity contribution is 6.10. The second-order valence-electron chi connectivity index (χ2n) is 7.05. The van der Waals surface area contributed by atoms with Gasteiger partial charge in [-0.15, -0.1) is 0 Å². The summed E-state index contributed by atoms with van der Waals surface area (Å²) >= 11 is 0. The first-order chi connectivity index (χ1) is 14.2. The summed E-state index contributed by atoms with van der Waals surface area (Å²) in [5.41, 5.74) is -0.810. The quantitative estimate of drug-likeness (QED) is 0.597. The van der Waals surface area contributed by atoms with E-state index in [0.29, 0.717) is 29.4 Å². The Labute approximate surface area is 169 Å². The molecule has 0 saturated carbocycles. The predicted molar refractivity (Wildman–Crippen MR) is 107 cm³/mol. The number of nitrogens with one attached hydrogen (secondary N) is 1. The van der Waals surface area contributed by atoms with E-state index in [1.807, 2.05) is 0 Å². The molecule has 0 bridgehead atoms. The van der Waals surface area contributed by atoms with E-state index in [1.54, 1.807) is 24.3 Å². The van der Waals surface area contributed by atoms with Crippen LogP contribution in [0.25, 0.3) is 10.8 Å². The fourth-order valence-electron chi connectivity index (χ4n) is 3.57. The van der Waals surface area contributed by atoms with Crippen molar-refractivity contribution in [2.24, 2.45) is 0 Å². The highest BCUT2D eigenvalue weighted by Gasteiger charge is 2.33. The molecule has 0 aromatic heterocycles. The lowest BCUT2D eigenvalue weighted by molar-refractivity contribution is -0.137. The number of amides is 2. The van der Waals surface area contributed by atoms with Crippen molar-refractivity contribution < 1.29 is 27.9 Å². The van der Waals surface area contributed by atoms with Crippen LogP contribution in [0.2, 0.25) is 0 Å². The standard InChI is InChI=1S/C22H17F3N2O3/c23-22(24,25)14-10-13(11-15(12-14)27-9-3-6-20(27)29)21(30)26-18-7-8-19(28)17-5-2-1-4-16(17)18/h1-2,4-5,7-8,10-12,28H,3,6,9H2,(H,26,30). The molecule has 0 aliphatic carbocycles. The van der Waals surface area contributed by atoms with Crippen molar-refractivity contribution in [1.82, 2.24) is 0 Å². The van der Waals surface area contributed by atoms with Crippen molar-refractivity contribution in [2.75, 3.05) is 16.8 Å². The lowest BCUT2D eigenvalue weighted by atomic mass is 10.1. The molecule has 5 nitrogen and oxygen atoms in total. The molecule has 2 amide bonds. The smallest absolute Gasteiger partial charge is 0.416 e. The summed E-state index contributed by atoms with van der Waals surface area (Å²) in [5, 5.41) is 13.6. The van der Waals surface area contributed by atoms with E-state index in [2.05, 4.69) is 5.32 Å². The van der Waals surface area contributed by atoms with Gasteiger partial charge in [0.15, 0.2) is 0 Å². The number of fused-ring (bicyclic) bond motifs is 1. The minimum atomic E-state index is -4.67. The molecule has 0 unspecified atom stereocenters. The van der Waals surface area contributed by atoms with Gasteiger partial charge in [0.1, 0.15) is 5.75 Å². The van der Waals surface area contributed by atoms with Gasteiger partial charge in [-0.3, -0.25) is 9.59 Å². The van der Waals surface area contributed by atoms with Crippen LogP contribution in [-0.2, 0) is 11.0 Å². The number of aromatic hydroxyl groups is 1. The number of nitrogens with zero attached hydrogens (tertiary/aromatic N) is 1. The maximum atomic E-state index is 13.4. The van der Waals surface area contributed by atoms with Crippen LogP contribution in [0, 0.1) is 0 Å². The summed E-state index contributed by atoms with van der Waals surface area (Å²) in [6, 6.07) is 12.6. The van der Waals surface area contributed by atoms with Crippen LogP contribution >= 0.6 is 0 Å². The van der Waals surface area contributed by atoms with E-state index in [0.717, 1.165) is 12.1 Å². The van der Waals surface area contributed by atoms with Crippen LogP contribution in [0.15, 0.2) is 54.6 Å². The van der Waals surface area contributed by atoms with Crippen LogP contribution in [0.3, 0.4) is 0 Å². The summed E-state index contributed by atoms with van der Waals surface area (Å²) < 4.78 is 40.2. The van der Waals surface area contributed by atoms with Gasteiger partial charge < -0.3 is 15.3 Å². The van der Waals surface area contributed by atoms with Gasteiger partial charge in [-0.2, -0.15) is 13.2 Å². The summed E-state index contributed by atoms with van der Waals surface area (Å²) in [7, 11) is 0. The van der Waals surface area contributed by atoms with Crippen LogP contribution in [0.5, 0.6) is 5.75 Å². The zero-order valence-electron chi connectivity index (χ0n) is 15.7. The Hall–Kier alpha value is -3.55. The minimum absolute atomic E-state index is 0.0255. The first-order valence-electron chi connectivity index (χ1n) is 9.29. The molecule has 4 rings (SSSR count). The van der Waals surface area contributed by atoms with Gasteiger partial charge in [0, 0.05) is 40.7 Å². The van der Waals surface area contributed by atoms with Crippen LogP contribution < -0.4 is 10.2 Å². The Kier molecular flexibility index (Phi) is 4.85. The molecule has 154 valence electrons. The number of carbonyl (C=O) groups is 2. The average Bonchev–Trinajstić information content (AvgIpc) is 3.15. The van der Waals surface area contributed by atoms with E-state index >= 15 is 0 Å². The Morgan fingerprint density at radius 1 is 1.03 bits per heavy atom. The molecule has 30 heavy (non-hydrogen) atoms. The Morgan fingerprint density at radius 3 is 2.43 bits per heavy atom. The third kappa shape index (κ3) is 3.68. The molecule has 1 aliphatic heterocycles. The Bertz CT molecular complexity index is 1160. The number of benzene rings is 3. The van der Waals surface area contributed by atoms with Crippen molar-refractivity contribution in [1.29, 1.82) is 0 Å². The second kappa shape index (κ2) is 7.37. The fourth-order valence-corrected chi connectivity index (χ4v) is 3.57. The van der Waals surface area contributed by atoms with Crippen molar-refractivity contribution in [3.05, 3.63) is 65.7 Å². The Morgan fingerprint density at radius 2 is 1.77 bits per heavy atom. The largest absolute Gasteiger partial charge is 0.507 e. The maximum absolute atomic E-state index is 13.4. The maximum Gasteiger partial charge on any atom is 0.416 e. The summed E-state index contributed by atoms with van der Waals surface area (Å²) in [6.45, 7) is 0.309. The summed E-state index contributed by atoms with van der Waals surface area (Å²) in [5.74, 6) is -0.993. The molecule has 3 aromatic carbocycles. The fraction of sp³-hybridized carbons (Fsp3) is 0.182. The molecular weight excluding hydrogens is 397 g/mol. The molecule has 1 heterocycles. The normalized spacial score (nSPS) is 14.4. The lowest BCUT2D eigenvalue weighted by Crippen LogP contribution is -2.25. The number of hydrogen-bond acceptors (Lipinski definition) is 3. The number of alkyl halides is 3. The number of hydrogen-bond donors (Lipinski definition) is 2. The van der Waals surface area contributed by atoms with Crippen molar-refractivity contribution >= 4 is 34.0 Å². The molecule has 0 spiro atoms. The van der Waals surface area contributed by atoms with E-state index in [-0.39, 0.29) is 29.3 Å². The minimum Gasteiger partial charge on any atom is -0.507 e. The van der Waals surface area contributed by atoms with E-state index < -0.39 is 17.6 Å². The highest BCUT2D eigenvalue weighted by Crippen LogP contribution is 2.35. The highest BCUT2D eigenvalue weighted by atomic mass is 19.4. The third-order valence-electron chi connectivity index (χ3n) is 5.04. The lowest BCUT2D eigenvalue weighted by Gasteiger charge is -2.19. The van der Waals surface area contributed by atoms with Gasteiger partial charge in [0.2, 0.25) is 5.91 Å². The van der Waals surface area contributed by atoms with Gasteiger partial charge in [0.25, 0.3) is 5.91 Å². The number of anilines is 2. The van der Waals surface area contributed by atoms with Gasteiger partial charge >= 0.3 is 6.18 Å². The molecule has 2 N–H and O–H groups in total. The second-order valence-corrected chi connectivity index (χ2v) is 7.05. The Balaban J connectivity index is 1.74. The van der Waals surface area contributed by atoms with Crippen molar-refractivity contribution in [3.63, 3.8) is 0 Å². The molecule has 1 aliphatic rings. The molecular formula is C22H17F3N2O3. The number of halogens is 3. The van der Waals surface area contributed by atoms with Gasteiger partial charge in [0.05, 0.1) is 5.56 Å². The topological polar surface area (TPSA) is 69.6 Å². The van der Waals surface area contributed by atoms with E-state index in [4.69, 9.17) is 0 Å². The van der Waals surface area contributed by atoms with Crippen molar-refractivity contribution in [2.45, 2.75) is 19.0 Å². The number of rotatable bonds is 3. The van der Waals surface area contributed by atoms with Gasteiger partial charge in [-0.1, -0.05) is 24.3 Å². The zero-order chi connectivity index (χ0) is 21.5. The van der Waals surface area contributed by atoms with E-state index in [9.17, 15) is 27.9 Å². The van der Waals surface area contributed by atoms with Gasteiger partial charge in [-0.25, -0.2) is 0 Å². The number of phenolic OH excluding ortho intramolecular Hbond substituents is 1.